The van der Waals surface area contributed by atoms with Crippen molar-refractivity contribution < 1.29 is 3.89 Å². The Kier molecular flexibility index (Phi) is 1.70. The summed E-state index contributed by atoms with van der Waals surface area (Å²) in [6, 6.07) is 1.77. The van der Waals surface area contributed by atoms with Crippen LogP contribution in [0.1, 0.15) is 5.69 Å². The Balaban J connectivity index is 2.90. The summed E-state index contributed by atoms with van der Waals surface area (Å²) in [7, 11) is 0. The van der Waals surface area contributed by atoms with E-state index in [0.29, 0.717) is 0 Å². The van der Waals surface area contributed by atoms with Crippen molar-refractivity contribution >= 4 is 12.3 Å². The van der Waals surface area contributed by atoms with Crippen LogP contribution in [0.2, 0.25) is 0 Å². The third-order valence-corrected chi connectivity index (χ3v) is 1.11. The summed E-state index contributed by atoms with van der Waals surface area (Å²) in [5, 5.41) is 8.19. The minimum atomic E-state index is 0.00806. The second-order valence-corrected chi connectivity index (χ2v) is 1.86. The highest BCUT2D eigenvalue weighted by atomic mass is 32.2. The Labute approximate surface area is 55.5 Å². The van der Waals surface area contributed by atoms with Gasteiger partial charge in [0, 0.05) is 0 Å². The van der Waals surface area contributed by atoms with Crippen LogP contribution in [0.5, 0.6) is 0 Å². The molecule has 0 N–H and O–H groups in total. The summed E-state index contributed by atoms with van der Waals surface area (Å²) in [4.78, 5) is 3.55. The minimum absolute atomic E-state index is 0.00806. The van der Waals surface area contributed by atoms with Gasteiger partial charge in [-0.3, -0.25) is 3.97 Å². The van der Waals surface area contributed by atoms with Crippen molar-refractivity contribution in [1.29, 1.82) is 5.26 Å². The van der Waals surface area contributed by atoms with E-state index in [1.807, 2.05) is 0 Å². The molecule has 0 saturated heterocycles. The molecule has 1 aromatic heterocycles. The smallest absolute Gasteiger partial charge is 0.170 e. The largest absolute Gasteiger partial charge is 0.251 e. The highest BCUT2D eigenvalue weighted by molar-refractivity contribution is 7.92. The average Bonchev–Trinajstić information content (AvgIpc) is 2.34. The predicted molar refractivity (Wildman–Crippen MR) is 31.0 cm³/mol. The fourth-order valence-corrected chi connectivity index (χ4v) is 0.624. The monoisotopic (exact) mass is 143 g/mol. The number of hydrogen-bond donors (Lipinski definition) is 0. The topological polar surface area (TPSA) is 41.6 Å². The summed E-state index contributed by atoms with van der Waals surface area (Å²) in [5.74, 6) is 0. The molecule has 0 aliphatic heterocycles. The maximum Gasteiger partial charge on any atom is 0.170 e. The summed E-state index contributed by atoms with van der Waals surface area (Å²) in [6.45, 7) is 0. The molecular formula is C4H2FN3S. The second-order valence-electron chi connectivity index (χ2n) is 1.30. The van der Waals surface area contributed by atoms with E-state index in [1.165, 1.54) is 12.5 Å². The third-order valence-electron chi connectivity index (χ3n) is 0.754. The van der Waals surface area contributed by atoms with Gasteiger partial charge in [-0.15, -0.1) is 3.89 Å². The van der Waals surface area contributed by atoms with Gasteiger partial charge in [-0.05, 0) is 0 Å². The Bertz CT molecular complexity index is 238. The molecule has 0 amide bonds. The van der Waals surface area contributed by atoms with E-state index in [0.717, 1.165) is 3.97 Å². The van der Waals surface area contributed by atoms with Gasteiger partial charge in [0.15, 0.2) is 18.0 Å². The molecule has 0 aliphatic rings. The first-order valence-electron chi connectivity index (χ1n) is 2.10. The molecule has 0 radical (unpaired) electrons. The van der Waals surface area contributed by atoms with Crippen molar-refractivity contribution in [2.24, 2.45) is 0 Å². The van der Waals surface area contributed by atoms with Crippen molar-refractivity contribution in [3.05, 3.63) is 18.2 Å². The highest BCUT2D eigenvalue weighted by Crippen LogP contribution is 2.06. The maximum absolute atomic E-state index is 11.6. The van der Waals surface area contributed by atoms with E-state index in [4.69, 9.17) is 5.26 Å². The van der Waals surface area contributed by atoms with E-state index < -0.39 is 0 Å². The summed E-state index contributed by atoms with van der Waals surface area (Å²) in [6.07, 6.45) is 2.55. The van der Waals surface area contributed by atoms with Gasteiger partial charge in [0.1, 0.15) is 12.4 Å². The molecule has 0 atom stereocenters. The summed E-state index contributed by atoms with van der Waals surface area (Å²) >= 11 is 0.00806. The molecule has 46 valence electrons. The van der Waals surface area contributed by atoms with Crippen molar-refractivity contribution in [2.45, 2.75) is 0 Å². The zero-order valence-corrected chi connectivity index (χ0v) is 5.10. The van der Waals surface area contributed by atoms with Crippen LogP contribution in [0, 0.1) is 11.3 Å². The molecule has 0 unspecified atom stereocenters. The normalized spacial score (nSPS) is 8.89. The molecule has 0 aromatic carbocycles. The lowest BCUT2D eigenvalue weighted by molar-refractivity contribution is 0.915. The van der Waals surface area contributed by atoms with Gasteiger partial charge in [0.2, 0.25) is 0 Å². The van der Waals surface area contributed by atoms with Crippen molar-refractivity contribution in [2.75, 3.05) is 0 Å². The number of imidazole rings is 1. The molecule has 3 nitrogen and oxygen atoms in total. The number of rotatable bonds is 1. The Morgan fingerprint density at radius 1 is 1.89 bits per heavy atom. The number of aromatic nitrogens is 2. The van der Waals surface area contributed by atoms with E-state index in [9.17, 15) is 3.89 Å². The summed E-state index contributed by atoms with van der Waals surface area (Å²) in [5.41, 5.74) is 0.222. The van der Waals surface area contributed by atoms with Gasteiger partial charge in [-0.1, -0.05) is 0 Å². The molecule has 0 aliphatic carbocycles. The molecule has 1 rings (SSSR count). The molecule has 1 heterocycles. The van der Waals surface area contributed by atoms with Gasteiger partial charge >= 0.3 is 0 Å². The first-order chi connectivity index (χ1) is 4.36. The lowest BCUT2D eigenvalue weighted by atomic mass is 10.6. The van der Waals surface area contributed by atoms with Crippen molar-refractivity contribution in [3.63, 3.8) is 0 Å². The van der Waals surface area contributed by atoms with Crippen LogP contribution in [0.4, 0.5) is 3.89 Å². The zero-order valence-electron chi connectivity index (χ0n) is 4.28. The molecule has 0 saturated carbocycles. The maximum atomic E-state index is 11.6. The van der Waals surface area contributed by atoms with Crippen LogP contribution in [0.25, 0.3) is 0 Å². The van der Waals surface area contributed by atoms with E-state index in [1.54, 1.807) is 6.07 Å². The Hall–Kier alpha value is -1.02. The van der Waals surface area contributed by atoms with Gasteiger partial charge in [-0.25, -0.2) is 4.98 Å². The number of nitrogens with zero attached hydrogens (tertiary/aromatic N) is 3. The van der Waals surface area contributed by atoms with Crippen LogP contribution in [-0.2, 0) is 0 Å². The van der Waals surface area contributed by atoms with Gasteiger partial charge in [-0.2, -0.15) is 5.26 Å². The highest BCUT2D eigenvalue weighted by Gasteiger charge is 1.94. The van der Waals surface area contributed by atoms with Crippen LogP contribution in [-0.4, -0.2) is 8.96 Å². The van der Waals surface area contributed by atoms with E-state index >= 15 is 0 Å². The fraction of sp³-hybridized carbons (Fsp3) is 0. The van der Waals surface area contributed by atoms with Crippen molar-refractivity contribution in [3.8, 4) is 6.07 Å². The first kappa shape index (κ1) is 6.11. The van der Waals surface area contributed by atoms with Gasteiger partial charge < -0.3 is 0 Å². The molecule has 0 bridgehead atoms. The third kappa shape index (κ3) is 1.21. The molecule has 9 heavy (non-hydrogen) atoms. The standard InChI is InChI=1S/C4H2FN3S/c5-9-8-2-4(1-6)7-3-8/h2-3H. The number of halogens is 1. The SMILES string of the molecule is N#Cc1cn(SF)cn1. The predicted octanol–water partition coefficient (Wildman–Crippen LogP) is 1.14. The van der Waals surface area contributed by atoms with E-state index in [-0.39, 0.29) is 18.0 Å². The van der Waals surface area contributed by atoms with Gasteiger partial charge in [0.25, 0.3) is 0 Å². The number of nitriles is 1. The molecule has 5 heteroatoms. The zero-order chi connectivity index (χ0) is 6.69. The lowest BCUT2D eigenvalue weighted by Crippen LogP contribution is -1.71. The van der Waals surface area contributed by atoms with Crippen LogP contribution in [0.3, 0.4) is 0 Å². The van der Waals surface area contributed by atoms with Crippen molar-refractivity contribution in [1.82, 2.24) is 8.96 Å². The molecule has 0 spiro atoms. The summed E-state index contributed by atoms with van der Waals surface area (Å²) < 4.78 is 12.7. The average molecular weight is 143 g/mol. The molecular weight excluding hydrogens is 141 g/mol. The first-order valence-corrected chi connectivity index (χ1v) is 2.77. The minimum Gasteiger partial charge on any atom is -0.251 e. The van der Waals surface area contributed by atoms with Gasteiger partial charge in [0.05, 0.1) is 6.20 Å². The van der Waals surface area contributed by atoms with Crippen LogP contribution in [0.15, 0.2) is 12.5 Å². The van der Waals surface area contributed by atoms with E-state index in [2.05, 4.69) is 4.98 Å². The molecule has 1 aromatic rings. The number of hydrogen-bond acceptors (Lipinski definition) is 3. The molecule has 0 fully saturated rings. The Morgan fingerprint density at radius 3 is 3.00 bits per heavy atom. The fourth-order valence-electron chi connectivity index (χ4n) is 0.402. The van der Waals surface area contributed by atoms with Crippen LogP contribution >= 0.6 is 12.3 Å². The van der Waals surface area contributed by atoms with Crippen LogP contribution < -0.4 is 0 Å². The quantitative estimate of drug-likeness (QED) is 0.591. The Morgan fingerprint density at radius 2 is 2.67 bits per heavy atom. The second kappa shape index (κ2) is 2.51. The lowest BCUT2D eigenvalue weighted by Gasteiger charge is -1.81.